The maximum absolute atomic E-state index is 9.25. The summed E-state index contributed by atoms with van der Waals surface area (Å²) in [6, 6.07) is 0. The molecule has 0 aliphatic carbocycles. The van der Waals surface area contributed by atoms with Crippen molar-refractivity contribution in [2.45, 2.75) is 34.6 Å². The van der Waals surface area contributed by atoms with Gasteiger partial charge in [0.1, 0.15) is 0 Å². The molecule has 0 heterocycles. The van der Waals surface area contributed by atoms with Crippen LogP contribution in [0.5, 0.6) is 0 Å². The van der Waals surface area contributed by atoms with Gasteiger partial charge in [0, 0.05) is 24.3 Å². The Morgan fingerprint density at radius 2 is 0.704 bits per heavy atom. The summed E-state index contributed by atoms with van der Waals surface area (Å²) in [7, 11) is 0. The molecule has 0 amide bonds. The van der Waals surface area contributed by atoms with E-state index in [1.165, 1.54) is 0 Å². The lowest BCUT2D eigenvalue weighted by atomic mass is 9.84. The Hall–Kier alpha value is -3.16. The van der Waals surface area contributed by atoms with Gasteiger partial charge in [0.15, 0.2) is 0 Å². The number of carboxylic acid groups (broad SMARTS) is 4. The zero-order chi connectivity index (χ0) is 23.2. The fourth-order valence-corrected chi connectivity index (χ4v) is 0. The quantitative estimate of drug-likeness (QED) is 0.532. The third-order valence-electron chi connectivity index (χ3n) is 2.43. The number of aliphatic carboxylic acids is 4. The number of hydrogen-bond donors (Lipinski definition) is 4. The molecule has 0 aliphatic heterocycles. The molecule has 8 heteroatoms. The highest BCUT2D eigenvalue weighted by Crippen LogP contribution is 2.23. The third kappa shape index (κ3) is 84.4. The van der Waals surface area contributed by atoms with Gasteiger partial charge in [-0.15, -0.1) is 0 Å². The fourth-order valence-electron chi connectivity index (χ4n) is 0. The van der Waals surface area contributed by atoms with Crippen molar-refractivity contribution < 1.29 is 39.6 Å². The second-order valence-electron chi connectivity index (χ2n) is 5.69. The van der Waals surface area contributed by atoms with Crippen molar-refractivity contribution in [3.63, 3.8) is 0 Å². The number of hydrogen-bond acceptors (Lipinski definition) is 4. The zero-order valence-corrected chi connectivity index (χ0v) is 16.6. The van der Waals surface area contributed by atoms with Crippen LogP contribution in [0, 0.1) is 11.3 Å². The summed E-state index contributed by atoms with van der Waals surface area (Å²) in [6.45, 7) is 23.1. The van der Waals surface area contributed by atoms with Crippen LogP contribution in [-0.4, -0.2) is 44.3 Å². The van der Waals surface area contributed by atoms with Crippen LogP contribution in [0.3, 0.4) is 0 Å². The largest absolute Gasteiger partial charge is 0.478 e. The molecule has 0 saturated heterocycles. The predicted octanol–water partition coefficient (Wildman–Crippen LogP) is 3.72. The van der Waals surface area contributed by atoms with Crippen LogP contribution in [-0.2, 0) is 19.2 Å². The van der Waals surface area contributed by atoms with E-state index < -0.39 is 23.9 Å². The van der Waals surface area contributed by atoms with E-state index in [0.717, 1.165) is 30.2 Å². The van der Waals surface area contributed by atoms with Crippen LogP contribution in [0.2, 0.25) is 0 Å². The van der Waals surface area contributed by atoms with Crippen LogP contribution >= 0.6 is 0 Å². The van der Waals surface area contributed by atoms with E-state index in [9.17, 15) is 19.2 Å². The Balaban J connectivity index is -0.0000000753. The van der Waals surface area contributed by atoms with Crippen molar-refractivity contribution in [1.29, 1.82) is 0 Å². The molecule has 27 heavy (non-hydrogen) atoms. The molecule has 156 valence electrons. The highest BCUT2D eigenvalue weighted by atomic mass is 16.4. The lowest BCUT2D eigenvalue weighted by Crippen LogP contribution is -2.12. The Morgan fingerprint density at radius 3 is 0.704 bits per heavy atom. The van der Waals surface area contributed by atoms with Gasteiger partial charge in [0.2, 0.25) is 0 Å². The van der Waals surface area contributed by atoms with E-state index >= 15 is 0 Å². The summed E-state index contributed by atoms with van der Waals surface area (Å²) < 4.78 is 0. The van der Waals surface area contributed by atoms with E-state index in [-0.39, 0.29) is 0 Å². The summed E-state index contributed by atoms with van der Waals surface area (Å²) in [4.78, 5) is 37.0. The first kappa shape index (κ1) is 35.0. The molecule has 0 aromatic carbocycles. The minimum atomic E-state index is -0.981. The number of rotatable bonds is 4. The smallest absolute Gasteiger partial charge is 0.327 e. The highest BCUT2D eigenvalue weighted by Gasteiger charge is 2.13. The van der Waals surface area contributed by atoms with Gasteiger partial charge in [-0.05, 0) is 11.3 Å². The number of carbonyl (C=O) groups is 4. The van der Waals surface area contributed by atoms with Crippen molar-refractivity contribution in [3.8, 4) is 0 Å². The maximum atomic E-state index is 9.25. The lowest BCUT2D eigenvalue weighted by Gasteiger charge is -2.22. The highest BCUT2D eigenvalue weighted by molar-refractivity contribution is 5.79. The Labute approximate surface area is 160 Å². The number of carboxylic acids is 4. The normalized spacial score (nSPS) is 8.07. The summed E-state index contributed by atoms with van der Waals surface area (Å²) >= 11 is 0. The van der Waals surface area contributed by atoms with E-state index in [4.69, 9.17) is 20.4 Å². The average molecular weight is 388 g/mol. The predicted molar refractivity (Wildman–Crippen MR) is 106 cm³/mol. The van der Waals surface area contributed by atoms with Crippen molar-refractivity contribution in [3.05, 3.63) is 50.6 Å². The first-order chi connectivity index (χ1) is 12.0. The molecule has 8 nitrogen and oxygen atoms in total. The van der Waals surface area contributed by atoms with E-state index in [2.05, 4.69) is 60.9 Å². The van der Waals surface area contributed by atoms with Gasteiger partial charge >= 0.3 is 23.9 Å². The van der Waals surface area contributed by atoms with Gasteiger partial charge in [-0.3, -0.25) is 0 Å². The average Bonchev–Trinajstić information content (AvgIpc) is 2.55. The molecule has 0 radical (unpaired) electrons. The zero-order valence-electron chi connectivity index (χ0n) is 16.6. The van der Waals surface area contributed by atoms with E-state index in [0.29, 0.717) is 5.41 Å². The molecular formula is C19H32O8. The Kier molecular flexibility index (Phi) is 29.6. The molecule has 4 N–H and O–H groups in total. The van der Waals surface area contributed by atoms with Gasteiger partial charge < -0.3 is 20.4 Å². The van der Waals surface area contributed by atoms with Crippen LogP contribution in [0.25, 0.3) is 0 Å². The summed E-state index contributed by atoms with van der Waals surface area (Å²) in [5.41, 5.74) is 0.500. The molecule has 0 aromatic rings. The van der Waals surface area contributed by atoms with Crippen LogP contribution in [0.4, 0.5) is 0 Å². The molecule has 0 aliphatic rings. The van der Waals surface area contributed by atoms with E-state index in [1.54, 1.807) is 0 Å². The van der Waals surface area contributed by atoms with Crippen molar-refractivity contribution in [2.24, 2.45) is 11.3 Å². The molecular weight excluding hydrogens is 356 g/mol. The molecule has 0 rings (SSSR count). The van der Waals surface area contributed by atoms with Crippen molar-refractivity contribution in [2.75, 3.05) is 0 Å². The minimum Gasteiger partial charge on any atom is -0.478 e. The summed E-state index contributed by atoms with van der Waals surface area (Å²) in [6.07, 6.45) is 3.33. The third-order valence-corrected chi connectivity index (χ3v) is 2.43. The van der Waals surface area contributed by atoms with Crippen LogP contribution in [0.15, 0.2) is 50.6 Å². The van der Waals surface area contributed by atoms with Gasteiger partial charge in [-0.2, -0.15) is 0 Å². The van der Waals surface area contributed by atoms with Crippen LogP contribution < -0.4 is 0 Å². The Morgan fingerprint density at radius 1 is 0.630 bits per heavy atom. The molecule has 0 bridgehead atoms. The second kappa shape index (κ2) is 22.8. The first-order valence-electron chi connectivity index (χ1n) is 7.44. The topological polar surface area (TPSA) is 149 Å². The SMILES string of the molecule is C=CC(=O)O.C=CC(=O)O.C=CC(=O)O.C=CC(=O)O.CC(C)C(C)(C)C. The van der Waals surface area contributed by atoms with Crippen molar-refractivity contribution in [1.82, 2.24) is 0 Å². The molecule has 0 saturated carbocycles. The minimum absolute atomic E-state index is 0.500. The molecule has 0 atom stereocenters. The second-order valence-corrected chi connectivity index (χ2v) is 5.69. The summed E-state index contributed by atoms with van der Waals surface area (Å²) in [5.74, 6) is -3.13. The molecule has 0 fully saturated rings. The molecule has 0 unspecified atom stereocenters. The molecule has 0 spiro atoms. The van der Waals surface area contributed by atoms with Gasteiger partial charge in [-0.1, -0.05) is 60.9 Å². The molecule has 0 aromatic heterocycles. The van der Waals surface area contributed by atoms with Gasteiger partial charge in [0.05, 0.1) is 0 Å². The lowest BCUT2D eigenvalue weighted by molar-refractivity contribution is -0.132. The van der Waals surface area contributed by atoms with Crippen LogP contribution in [0.1, 0.15) is 34.6 Å². The van der Waals surface area contributed by atoms with Crippen molar-refractivity contribution >= 4 is 23.9 Å². The standard InChI is InChI=1S/C7H16.4C3H4O2/c1-6(2)7(3,4)5;4*1-2-3(4)5/h6H,1-5H3;4*2H,1H2,(H,4,5). The van der Waals surface area contributed by atoms with E-state index in [1.807, 2.05) is 0 Å². The first-order valence-corrected chi connectivity index (χ1v) is 7.44. The van der Waals surface area contributed by atoms with Gasteiger partial charge in [-0.25, -0.2) is 19.2 Å². The van der Waals surface area contributed by atoms with Gasteiger partial charge in [0.25, 0.3) is 0 Å². The monoisotopic (exact) mass is 388 g/mol. The fraction of sp³-hybridized carbons (Fsp3) is 0.368. The Bertz CT molecular complexity index is 410. The maximum Gasteiger partial charge on any atom is 0.327 e. The summed E-state index contributed by atoms with van der Waals surface area (Å²) in [5, 5.41) is 30.4.